The number of hydrogen-bond acceptors (Lipinski definition) is 5. The molecule has 2 fully saturated rings. The molecule has 6 nitrogen and oxygen atoms in total. The molecular weight excluding hydrogens is 504 g/mol. The van der Waals surface area contributed by atoms with E-state index in [4.69, 9.17) is 9.47 Å². The maximum absolute atomic E-state index is 12.4. The number of carbonyl (C=O) groups is 3. The van der Waals surface area contributed by atoms with Gasteiger partial charge in [0.25, 0.3) is 0 Å². The third kappa shape index (κ3) is 4.67. The predicted molar refractivity (Wildman–Crippen MR) is 155 cm³/mol. The van der Waals surface area contributed by atoms with Gasteiger partial charge in [0.1, 0.15) is 12.2 Å². The Morgan fingerprint density at radius 1 is 1.00 bits per heavy atom. The standard InChI is InChI=1S/C34H50O6/c1-20(11-10-12-21(2)30(37)38)26-19-29(40-23(4)36)34(9)25-13-14-27-31(5,6)28(39-22(3)35)16-17-32(27,7)24(25)15-18-33(26,34)8/h12-13,15,20,26-29H,10-11,14,16-19H2,1-9H3,(H,37,38)/t20?,26-,27?,28+,29+,32-,33-,34-/m1/s1. The minimum Gasteiger partial charge on any atom is -0.478 e. The largest absolute Gasteiger partial charge is 0.478 e. The molecule has 0 aromatic heterocycles. The van der Waals surface area contributed by atoms with Crippen LogP contribution < -0.4 is 0 Å². The molecule has 0 amide bonds. The number of fused-ring (bicyclic) bond motifs is 5. The van der Waals surface area contributed by atoms with Gasteiger partial charge >= 0.3 is 17.9 Å². The van der Waals surface area contributed by atoms with Gasteiger partial charge in [-0.15, -0.1) is 0 Å². The summed E-state index contributed by atoms with van der Waals surface area (Å²) in [5.74, 6) is -0.286. The molecule has 6 heteroatoms. The van der Waals surface area contributed by atoms with E-state index >= 15 is 0 Å². The third-order valence-electron chi connectivity index (χ3n) is 12.0. The van der Waals surface area contributed by atoms with Gasteiger partial charge in [0.15, 0.2) is 0 Å². The third-order valence-corrected chi connectivity index (χ3v) is 12.0. The number of carboxylic acid groups (broad SMARTS) is 1. The molecule has 1 N–H and O–H groups in total. The summed E-state index contributed by atoms with van der Waals surface area (Å²) in [7, 11) is 0. The Labute approximate surface area is 240 Å². The van der Waals surface area contributed by atoms with Crippen LogP contribution in [0, 0.1) is 39.4 Å². The van der Waals surface area contributed by atoms with Crippen LogP contribution >= 0.6 is 0 Å². The minimum atomic E-state index is -0.867. The van der Waals surface area contributed by atoms with E-state index in [9.17, 15) is 19.5 Å². The molecule has 222 valence electrons. The Hall–Kier alpha value is -2.37. The van der Waals surface area contributed by atoms with Crippen molar-refractivity contribution in [2.75, 3.05) is 0 Å². The molecule has 4 aliphatic carbocycles. The van der Waals surface area contributed by atoms with Crippen molar-refractivity contribution in [3.05, 3.63) is 34.9 Å². The molecule has 0 bridgehead atoms. The molecular formula is C34H50O6. The predicted octanol–water partition coefficient (Wildman–Crippen LogP) is 7.43. The van der Waals surface area contributed by atoms with Crippen molar-refractivity contribution in [2.45, 2.75) is 119 Å². The zero-order valence-corrected chi connectivity index (χ0v) is 26.1. The monoisotopic (exact) mass is 554 g/mol. The molecule has 0 aromatic rings. The average Bonchev–Trinajstić information content (AvgIpc) is 3.07. The highest BCUT2D eigenvalue weighted by atomic mass is 16.5. The van der Waals surface area contributed by atoms with Gasteiger partial charge in [-0.1, -0.05) is 59.8 Å². The number of allylic oxidation sites excluding steroid dienone is 4. The quantitative estimate of drug-likeness (QED) is 0.260. The first kappa shape index (κ1) is 30.6. The summed E-state index contributed by atoms with van der Waals surface area (Å²) in [6.45, 7) is 18.6. The lowest BCUT2D eigenvalue weighted by Crippen LogP contribution is -2.56. The molecule has 0 spiro atoms. The smallest absolute Gasteiger partial charge is 0.330 e. The second-order valence-corrected chi connectivity index (χ2v) is 14.4. The number of hydrogen-bond donors (Lipinski definition) is 1. The molecule has 0 saturated heterocycles. The zero-order valence-electron chi connectivity index (χ0n) is 26.1. The van der Waals surface area contributed by atoms with Crippen molar-refractivity contribution in [1.82, 2.24) is 0 Å². The van der Waals surface area contributed by atoms with Crippen molar-refractivity contribution in [3.8, 4) is 0 Å². The molecule has 2 saturated carbocycles. The highest BCUT2D eigenvalue weighted by Crippen LogP contribution is 2.72. The summed E-state index contributed by atoms with van der Waals surface area (Å²) in [4.78, 5) is 35.6. The van der Waals surface area contributed by atoms with Crippen molar-refractivity contribution >= 4 is 17.9 Å². The van der Waals surface area contributed by atoms with E-state index in [0.29, 0.717) is 23.3 Å². The van der Waals surface area contributed by atoms with E-state index in [1.807, 2.05) is 6.08 Å². The van der Waals surface area contributed by atoms with Crippen LogP contribution in [-0.2, 0) is 23.9 Å². The Kier molecular flexibility index (Phi) is 8.01. The van der Waals surface area contributed by atoms with E-state index in [0.717, 1.165) is 44.9 Å². The minimum absolute atomic E-state index is 0.0435. The number of esters is 2. The normalized spacial score (nSPS) is 39.1. The first-order valence-corrected chi connectivity index (χ1v) is 15.2. The first-order valence-electron chi connectivity index (χ1n) is 15.2. The summed E-state index contributed by atoms with van der Waals surface area (Å²) in [5, 5.41) is 9.25. The molecule has 0 aromatic carbocycles. The number of aliphatic carboxylic acids is 1. The van der Waals surface area contributed by atoms with E-state index in [1.54, 1.807) is 6.92 Å². The SMILES string of the molecule is CC(=O)O[C@H]1CC[C@]2(C)C3=CC[C@]4(C)[C@@H](C(C)CCC=C(C)C(=O)O)C[C@H](OC(C)=O)[C@@]4(C)C3=CCC2C1(C)C. The zero-order chi connectivity index (χ0) is 29.8. The van der Waals surface area contributed by atoms with Crippen LogP contribution in [0.5, 0.6) is 0 Å². The van der Waals surface area contributed by atoms with Crippen LogP contribution in [-0.4, -0.2) is 35.2 Å². The summed E-state index contributed by atoms with van der Waals surface area (Å²) >= 11 is 0. The Bertz CT molecular complexity index is 1160. The fraction of sp³-hybridized carbons (Fsp3) is 0.735. The maximum atomic E-state index is 12.4. The van der Waals surface area contributed by atoms with Gasteiger partial charge in [0, 0.05) is 30.3 Å². The van der Waals surface area contributed by atoms with Crippen LogP contribution in [0.15, 0.2) is 34.9 Å². The average molecular weight is 555 g/mol. The second kappa shape index (κ2) is 10.5. The molecule has 0 radical (unpaired) electrons. The molecule has 40 heavy (non-hydrogen) atoms. The fourth-order valence-electron chi connectivity index (χ4n) is 9.52. The summed E-state index contributed by atoms with van der Waals surface area (Å²) in [6.07, 6.45) is 12.5. The number of carboxylic acids is 1. The van der Waals surface area contributed by atoms with E-state index in [-0.39, 0.29) is 45.8 Å². The Balaban J connectivity index is 1.71. The Morgan fingerprint density at radius 3 is 2.23 bits per heavy atom. The van der Waals surface area contributed by atoms with Crippen LogP contribution in [0.2, 0.25) is 0 Å². The van der Waals surface area contributed by atoms with E-state index in [1.165, 1.54) is 25.0 Å². The topological polar surface area (TPSA) is 89.9 Å². The number of rotatable bonds is 7. The molecule has 8 atom stereocenters. The lowest BCUT2D eigenvalue weighted by atomic mass is 9.44. The molecule has 4 aliphatic rings. The van der Waals surface area contributed by atoms with Gasteiger partial charge < -0.3 is 14.6 Å². The molecule has 0 heterocycles. The van der Waals surface area contributed by atoms with Crippen molar-refractivity contribution < 1.29 is 29.0 Å². The molecule has 2 unspecified atom stereocenters. The lowest BCUT2D eigenvalue weighted by Gasteiger charge is -2.61. The van der Waals surface area contributed by atoms with Gasteiger partial charge in [0.2, 0.25) is 0 Å². The summed E-state index contributed by atoms with van der Waals surface area (Å²) in [5.41, 5.74) is 2.53. The molecule has 0 aliphatic heterocycles. The Morgan fingerprint density at radius 2 is 1.62 bits per heavy atom. The van der Waals surface area contributed by atoms with E-state index in [2.05, 4.69) is 53.7 Å². The number of carbonyl (C=O) groups excluding carboxylic acids is 2. The van der Waals surface area contributed by atoms with Crippen molar-refractivity contribution in [2.24, 2.45) is 39.4 Å². The van der Waals surface area contributed by atoms with Gasteiger partial charge in [-0.05, 0) is 91.6 Å². The van der Waals surface area contributed by atoms with Crippen LogP contribution in [0.3, 0.4) is 0 Å². The van der Waals surface area contributed by atoms with Gasteiger partial charge in [0.05, 0.1) is 0 Å². The van der Waals surface area contributed by atoms with Gasteiger partial charge in [-0.2, -0.15) is 0 Å². The second-order valence-electron chi connectivity index (χ2n) is 14.4. The van der Waals surface area contributed by atoms with Gasteiger partial charge in [-0.25, -0.2) is 4.79 Å². The number of ether oxygens (including phenoxy) is 2. The first-order chi connectivity index (χ1) is 18.5. The van der Waals surface area contributed by atoms with Crippen LogP contribution in [0.1, 0.15) is 107 Å². The van der Waals surface area contributed by atoms with Crippen LogP contribution in [0.4, 0.5) is 0 Å². The van der Waals surface area contributed by atoms with Crippen LogP contribution in [0.25, 0.3) is 0 Å². The summed E-state index contributed by atoms with van der Waals surface area (Å²) in [6, 6.07) is 0. The van der Waals surface area contributed by atoms with Gasteiger partial charge in [-0.3, -0.25) is 9.59 Å². The maximum Gasteiger partial charge on any atom is 0.330 e. The molecule has 4 rings (SSSR count). The summed E-state index contributed by atoms with van der Waals surface area (Å²) < 4.78 is 12.0. The lowest BCUT2D eigenvalue weighted by molar-refractivity contribution is -0.166. The fourth-order valence-corrected chi connectivity index (χ4v) is 9.52. The van der Waals surface area contributed by atoms with Crippen molar-refractivity contribution in [1.29, 1.82) is 0 Å². The highest BCUT2D eigenvalue weighted by Gasteiger charge is 2.67. The van der Waals surface area contributed by atoms with E-state index < -0.39 is 5.97 Å². The highest BCUT2D eigenvalue weighted by molar-refractivity contribution is 5.85. The van der Waals surface area contributed by atoms with Crippen molar-refractivity contribution in [3.63, 3.8) is 0 Å².